The summed E-state index contributed by atoms with van der Waals surface area (Å²) in [4.78, 5) is 0. The molecule has 0 aliphatic carbocycles. The number of hydrogen-bond donors (Lipinski definition) is 0. The lowest BCUT2D eigenvalue weighted by molar-refractivity contribution is 0.135. The van der Waals surface area contributed by atoms with E-state index in [2.05, 4.69) is 19.9 Å². The second-order valence-electron chi connectivity index (χ2n) is 3.76. The lowest BCUT2D eigenvalue weighted by atomic mass is 10.1. The molecule has 0 spiro atoms. The van der Waals surface area contributed by atoms with Crippen LogP contribution in [0.15, 0.2) is 0 Å². The molecule has 0 fully saturated rings. The van der Waals surface area contributed by atoms with Crippen LogP contribution in [-0.4, -0.2) is 13.2 Å². The Morgan fingerprint density at radius 2 is 1.92 bits per heavy atom. The van der Waals surface area contributed by atoms with Gasteiger partial charge in [-0.1, -0.05) is 33.1 Å². The fourth-order valence-electron chi connectivity index (χ4n) is 1.15. The van der Waals surface area contributed by atoms with Gasteiger partial charge in [0.1, 0.15) is 0 Å². The second-order valence-corrected chi connectivity index (χ2v) is 3.76. The molecule has 0 aliphatic heterocycles. The summed E-state index contributed by atoms with van der Waals surface area (Å²) in [5.74, 6) is 0.819. The summed E-state index contributed by atoms with van der Waals surface area (Å²) in [6.07, 6.45) is 5.53. The van der Waals surface area contributed by atoms with E-state index in [9.17, 15) is 0 Å². The molecule has 2 nitrogen and oxygen atoms in total. The van der Waals surface area contributed by atoms with Crippen LogP contribution in [0.25, 0.3) is 0 Å². The van der Waals surface area contributed by atoms with E-state index >= 15 is 0 Å². The maximum atomic E-state index is 8.24. The van der Waals surface area contributed by atoms with Crippen molar-refractivity contribution in [1.82, 2.24) is 0 Å². The van der Waals surface area contributed by atoms with Crippen molar-refractivity contribution in [3.63, 3.8) is 0 Å². The van der Waals surface area contributed by atoms with Crippen molar-refractivity contribution in [3.8, 4) is 6.07 Å². The van der Waals surface area contributed by atoms with Crippen molar-refractivity contribution in [2.24, 2.45) is 5.92 Å². The Balaban J connectivity index is 2.88. The molecule has 0 bridgehead atoms. The van der Waals surface area contributed by atoms with E-state index in [0.717, 1.165) is 18.9 Å². The van der Waals surface area contributed by atoms with Crippen molar-refractivity contribution >= 4 is 0 Å². The molecular formula is C11H21NO. The van der Waals surface area contributed by atoms with E-state index in [1.807, 2.05) is 0 Å². The number of rotatable bonds is 8. The van der Waals surface area contributed by atoms with Crippen LogP contribution >= 0.6 is 0 Å². The summed E-state index contributed by atoms with van der Waals surface area (Å²) in [6, 6.07) is 2.06. The summed E-state index contributed by atoms with van der Waals surface area (Å²) in [5, 5.41) is 8.24. The van der Waals surface area contributed by atoms with Crippen LogP contribution in [0, 0.1) is 17.2 Å². The second kappa shape index (κ2) is 9.54. The van der Waals surface area contributed by atoms with E-state index in [-0.39, 0.29) is 0 Å². The Labute approximate surface area is 81.9 Å². The van der Waals surface area contributed by atoms with Gasteiger partial charge in [0.05, 0.1) is 19.1 Å². The zero-order valence-electron chi connectivity index (χ0n) is 8.88. The third-order valence-electron chi connectivity index (χ3n) is 1.93. The van der Waals surface area contributed by atoms with Crippen molar-refractivity contribution in [3.05, 3.63) is 0 Å². The van der Waals surface area contributed by atoms with Crippen LogP contribution in [0.5, 0.6) is 0 Å². The quantitative estimate of drug-likeness (QED) is 0.542. The number of nitrogens with zero attached hydrogens (tertiary/aromatic N) is 1. The number of hydrogen-bond acceptors (Lipinski definition) is 2. The van der Waals surface area contributed by atoms with E-state index in [4.69, 9.17) is 10.00 Å². The van der Waals surface area contributed by atoms with Gasteiger partial charge >= 0.3 is 0 Å². The average molecular weight is 183 g/mol. The summed E-state index contributed by atoms with van der Waals surface area (Å²) < 4.78 is 5.26. The molecule has 0 saturated carbocycles. The minimum atomic E-state index is 0.520. The molecule has 0 aromatic carbocycles. The number of nitriles is 1. The highest BCUT2D eigenvalue weighted by atomic mass is 16.5. The largest absolute Gasteiger partial charge is 0.380 e. The molecular weight excluding hydrogens is 162 g/mol. The topological polar surface area (TPSA) is 33.0 Å². The Hall–Kier alpha value is -0.550. The predicted molar refractivity (Wildman–Crippen MR) is 54.4 cm³/mol. The molecule has 0 atom stereocenters. The first-order valence-corrected chi connectivity index (χ1v) is 5.22. The maximum absolute atomic E-state index is 8.24. The van der Waals surface area contributed by atoms with Gasteiger partial charge in [0.15, 0.2) is 0 Å². The smallest absolute Gasteiger partial charge is 0.0645 e. The van der Waals surface area contributed by atoms with E-state index in [1.54, 1.807) is 0 Å². The maximum Gasteiger partial charge on any atom is 0.0645 e. The first kappa shape index (κ1) is 12.4. The minimum absolute atomic E-state index is 0.520. The third kappa shape index (κ3) is 11.5. The van der Waals surface area contributed by atoms with Gasteiger partial charge in [-0.15, -0.1) is 0 Å². The summed E-state index contributed by atoms with van der Waals surface area (Å²) in [5.41, 5.74) is 0. The zero-order valence-corrected chi connectivity index (χ0v) is 8.88. The number of unbranched alkanes of at least 4 members (excludes halogenated alkanes) is 2. The predicted octanol–water partition coefficient (Wildman–Crippen LogP) is 3.13. The van der Waals surface area contributed by atoms with E-state index in [1.165, 1.54) is 19.3 Å². The molecule has 0 saturated heterocycles. The van der Waals surface area contributed by atoms with Crippen molar-refractivity contribution in [2.45, 2.75) is 46.0 Å². The van der Waals surface area contributed by atoms with Crippen LogP contribution in [-0.2, 0) is 4.74 Å². The van der Waals surface area contributed by atoms with Gasteiger partial charge in [-0.2, -0.15) is 5.26 Å². The van der Waals surface area contributed by atoms with Crippen LogP contribution in [0.2, 0.25) is 0 Å². The van der Waals surface area contributed by atoms with Crippen molar-refractivity contribution < 1.29 is 4.74 Å². The fourth-order valence-corrected chi connectivity index (χ4v) is 1.15. The molecule has 0 aromatic rings. The molecule has 13 heavy (non-hydrogen) atoms. The van der Waals surface area contributed by atoms with Gasteiger partial charge < -0.3 is 4.74 Å². The van der Waals surface area contributed by atoms with Crippen molar-refractivity contribution in [2.75, 3.05) is 13.2 Å². The van der Waals surface area contributed by atoms with Crippen LogP contribution in [0.4, 0.5) is 0 Å². The summed E-state index contributed by atoms with van der Waals surface area (Å²) in [6.45, 7) is 5.92. The molecule has 2 heteroatoms. The molecule has 0 radical (unpaired) electrons. The first-order valence-electron chi connectivity index (χ1n) is 5.22. The lowest BCUT2D eigenvalue weighted by Crippen LogP contribution is -1.96. The van der Waals surface area contributed by atoms with Gasteiger partial charge in [0.25, 0.3) is 0 Å². The molecule has 0 aromatic heterocycles. The normalized spacial score (nSPS) is 10.3. The monoisotopic (exact) mass is 183 g/mol. The Morgan fingerprint density at radius 3 is 2.54 bits per heavy atom. The van der Waals surface area contributed by atoms with Crippen LogP contribution in [0.1, 0.15) is 46.0 Å². The number of ether oxygens (including phenoxy) is 1. The van der Waals surface area contributed by atoms with Gasteiger partial charge in [-0.05, 0) is 12.3 Å². The summed E-state index contributed by atoms with van der Waals surface area (Å²) >= 11 is 0. The van der Waals surface area contributed by atoms with Gasteiger partial charge in [0, 0.05) is 6.61 Å². The molecule has 0 unspecified atom stereocenters. The Morgan fingerprint density at radius 1 is 1.15 bits per heavy atom. The van der Waals surface area contributed by atoms with Gasteiger partial charge in [-0.25, -0.2) is 0 Å². The zero-order chi connectivity index (χ0) is 9.94. The van der Waals surface area contributed by atoms with E-state index < -0.39 is 0 Å². The van der Waals surface area contributed by atoms with E-state index in [0.29, 0.717) is 13.0 Å². The third-order valence-corrected chi connectivity index (χ3v) is 1.93. The Bertz CT molecular complexity index is 138. The summed E-state index contributed by atoms with van der Waals surface area (Å²) in [7, 11) is 0. The Kier molecular flexibility index (Phi) is 9.13. The van der Waals surface area contributed by atoms with Crippen molar-refractivity contribution in [1.29, 1.82) is 5.26 Å². The van der Waals surface area contributed by atoms with Crippen LogP contribution < -0.4 is 0 Å². The lowest BCUT2D eigenvalue weighted by Gasteiger charge is -2.04. The highest BCUT2D eigenvalue weighted by Crippen LogP contribution is 2.07. The highest BCUT2D eigenvalue weighted by molar-refractivity contribution is 4.66. The molecule has 0 N–H and O–H groups in total. The highest BCUT2D eigenvalue weighted by Gasteiger charge is 1.94. The van der Waals surface area contributed by atoms with Gasteiger partial charge in [-0.3, -0.25) is 0 Å². The van der Waals surface area contributed by atoms with Gasteiger partial charge in [0.2, 0.25) is 0 Å². The van der Waals surface area contributed by atoms with Crippen LogP contribution in [0.3, 0.4) is 0 Å². The fraction of sp³-hybridized carbons (Fsp3) is 0.909. The molecule has 0 heterocycles. The minimum Gasteiger partial charge on any atom is -0.380 e. The molecule has 76 valence electrons. The SMILES string of the molecule is CC(C)CCCCCOCCC#N. The molecule has 0 amide bonds. The molecule has 0 aliphatic rings. The average Bonchev–Trinajstić information content (AvgIpc) is 2.09. The first-order chi connectivity index (χ1) is 6.27. The molecule has 0 rings (SSSR count). The standard InChI is InChI=1S/C11H21NO/c1-11(2)7-4-3-5-9-13-10-6-8-12/h11H,3-7,9-10H2,1-2H3.